The van der Waals surface area contributed by atoms with Gasteiger partial charge in [-0.2, -0.15) is 0 Å². The van der Waals surface area contributed by atoms with Crippen molar-refractivity contribution in [2.75, 3.05) is 18.5 Å². The summed E-state index contributed by atoms with van der Waals surface area (Å²) in [7, 11) is 1.94. The summed E-state index contributed by atoms with van der Waals surface area (Å²) in [5.74, 6) is -1.47. The smallest absolute Gasteiger partial charge is 0.253 e. The van der Waals surface area contributed by atoms with Crippen LogP contribution in [0.15, 0.2) is 97.1 Å². The molecule has 5 heteroatoms. The van der Waals surface area contributed by atoms with Gasteiger partial charge in [-0.1, -0.05) is 84.4 Å². The average Bonchev–Trinajstić information content (AvgIpc) is 3.39. The second kappa shape index (κ2) is 9.58. The molecule has 0 radical (unpaired) electrons. The number of ketones is 1. The minimum absolute atomic E-state index is 0.0778. The Balaban J connectivity index is 1.54. The van der Waals surface area contributed by atoms with Gasteiger partial charge in [-0.15, -0.1) is 0 Å². The topological polar surface area (TPSA) is 40.6 Å². The summed E-state index contributed by atoms with van der Waals surface area (Å²) < 4.78 is 13.9. The van der Waals surface area contributed by atoms with Crippen molar-refractivity contribution in [3.8, 4) is 0 Å². The van der Waals surface area contributed by atoms with Crippen LogP contribution in [0.2, 0.25) is 0 Å². The molecule has 1 spiro atoms. The second-order valence-corrected chi connectivity index (χ2v) is 10.9. The number of benzene rings is 4. The monoisotopic (exact) mass is 518 g/mol. The number of fused-ring (bicyclic) bond motifs is 2. The number of hydrogen-bond donors (Lipinski definition) is 0. The zero-order chi connectivity index (χ0) is 27.3. The molecule has 0 bridgehead atoms. The van der Waals surface area contributed by atoms with Gasteiger partial charge in [-0.25, -0.2) is 4.39 Å². The van der Waals surface area contributed by atoms with Crippen LogP contribution in [0.4, 0.5) is 10.1 Å². The Hall–Kier alpha value is -4.09. The van der Waals surface area contributed by atoms with Crippen LogP contribution >= 0.6 is 0 Å². The van der Waals surface area contributed by atoms with Crippen molar-refractivity contribution >= 4 is 17.4 Å². The molecule has 2 heterocycles. The zero-order valence-electron chi connectivity index (χ0n) is 22.4. The molecule has 0 aromatic heterocycles. The van der Waals surface area contributed by atoms with Crippen LogP contribution in [0.5, 0.6) is 0 Å². The van der Waals surface area contributed by atoms with E-state index in [1.807, 2.05) is 66.5 Å². The molecule has 0 N–H and O–H groups in total. The van der Waals surface area contributed by atoms with Crippen LogP contribution in [0, 0.1) is 25.6 Å². The van der Waals surface area contributed by atoms with Crippen molar-refractivity contribution in [3.63, 3.8) is 0 Å². The maximum Gasteiger partial charge on any atom is 0.253 e. The van der Waals surface area contributed by atoms with Gasteiger partial charge in [0.25, 0.3) is 5.91 Å². The van der Waals surface area contributed by atoms with Gasteiger partial charge in [0.05, 0.1) is 12.5 Å². The lowest BCUT2D eigenvalue weighted by Gasteiger charge is -2.36. The van der Waals surface area contributed by atoms with E-state index >= 15 is 0 Å². The molecule has 1 saturated heterocycles. The van der Waals surface area contributed by atoms with E-state index in [0.717, 1.165) is 33.5 Å². The average molecular weight is 519 g/mol. The van der Waals surface area contributed by atoms with Gasteiger partial charge in [0.1, 0.15) is 11.4 Å². The first-order valence-electron chi connectivity index (χ1n) is 13.4. The predicted octanol–water partition coefficient (Wildman–Crippen LogP) is 6.41. The van der Waals surface area contributed by atoms with Gasteiger partial charge in [0.15, 0.2) is 5.78 Å². The molecule has 4 nitrogen and oxygen atoms in total. The first-order valence-corrected chi connectivity index (χ1v) is 13.4. The molecule has 0 saturated carbocycles. The van der Waals surface area contributed by atoms with E-state index in [1.165, 1.54) is 12.1 Å². The molecule has 2 aliphatic rings. The fraction of sp³-hybridized carbons (Fsp3) is 0.235. The van der Waals surface area contributed by atoms with E-state index in [0.29, 0.717) is 18.7 Å². The Morgan fingerprint density at radius 3 is 2.36 bits per heavy atom. The van der Waals surface area contributed by atoms with Crippen molar-refractivity contribution in [3.05, 3.63) is 136 Å². The summed E-state index contributed by atoms with van der Waals surface area (Å²) in [6.07, 6.45) is 0. The third-order valence-corrected chi connectivity index (χ3v) is 8.57. The van der Waals surface area contributed by atoms with Gasteiger partial charge < -0.3 is 4.90 Å². The lowest BCUT2D eigenvalue weighted by atomic mass is 9.70. The van der Waals surface area contributed by atoms with E-state index in [2.05, 4.69) is 36.9 Å². The number of halogens is 1. The summed E-state index contributed by atoms with van der Waals surface area (Å²) >= 11 is 0. The zero-order valence-corrected chi connectivity index (χ0v) is 22.4. The Morgan fingerprint density at radius 2 is 1.62 bits per heavy atom. The third kappa shape index (κ3) is 3.92. The minimum atomic E-state index is -1.18. The fourth-order valence-electron chi connectivity index (χ4n) is 6.66. The normalized spacial score (nSPS) is 22.5. The Morgan fingerprint density at radius 1 is 0.923 bits per heavy atom. The van der Waals surface area contributed by atoms with Crippen LogP contribution in [-0.2, 0) is 16.9 Å². The molecule has 1 fully saturated rings. The maximum absolute atomic E-state index is 14.8. The van der Waals surface area contributed by atoms with Crippen molar-refractivity contribution in [2.24, 2.45) is 5.92 Å². The molecule has 39 heavy (non-hydrogen) atoms. The standard InChI is InChI=1S/C34H31FN2O2/c1-22-13-14-23(2)26(19-22)20-37-30-12-8-7-11-29(30)34(33(37)39)31(32(38)25-9-5-4-6-10-25)28(21-36(34)3)24-15-17-27(35)18-16-24/h4-19,28,31H,20-21H2,1-3H3. The Kier molecular flexibility index (Phi) is 6.19. The number of carbonyl (C=O) groups excluding carboxylic acids is 2. The maximum atomic E-state index is 14.8. The van der Waals surface area contributed by atoms with Crippen LogP contribution < -0.4 is 4.90 Å². The molecule has 1 amide bonds. The fourth-order valence-corrected chi connectivity index (χ4v) is 6.66. The molecular weight excluding hydrogens is 487 g/mol. The lowest BCUT2D eigenvalue weighted by Crippen LogP contribution is -2.53. The van der Waals surface area contributed by atoms with Crippen LogP contribution in [-0.4, -0.2) is 30.2 Å². The number of anilines is 1. The van der Waals surface area contributed by atoms with Crippen LogP contribution in [0.3, 0.4) is 0 Å². The summed E-state index contributed by atoms with van der Waals surface area (Å²) in [4.78, 5) is 33.2. The van der Waals surface area contributed by atoms with Crippen molar-refractivity contribution in [1.82, 2.24) is 4.90 Å². The molecule has 4 aromatic rings. The SMILES string of the molecule is Cc1ccc(C)c(CN2C(=O)C3(c4ccccc42)C(C(=O)c2ccccc2)C(c2ccc(F)cc2)CN3C)c1. The van der Waals surface area contributed by atoms with Crippen molar-refractivity contribution in [1.29, 1.82) is 0 Å². The molecule has 4 aromatic carbocycles. The Bertz CT molecular complexity index is 1570. The molecule has 2 aliphatic heterocycles. The number of likely N-dealkylation sites (tertiary alicyclic amines) is 1. The third-order valence-electron chi connectivity index (χ3n) is 8.57. The van der Waals surface area contributed by atoms with Crippen molar-refractivity contribution in [2.45, 2.75) is 31.8 Å². The molecular formula is C34H31FN2O2. The van der Waals surface area contributed by atoms with E-state index < -0.39 is 11.5 Å². The summed E-state index contributed by atoms with van der Waals surface area (Å²) in [5.41, 5.74) is 5.26. The number of aryl methyl sites for hydroxylation is 2. The lowest BCUT2D eigenvalue weighted by molar-refractivity contribution is -0.129. The van der Waals surface area contributed by atoms with Gasteiger partial charge in [-0.05, 0) is 55.8 Å². The van der Waals surface area contributed by atoms with E-state index in [1.54, 1.807) is 12.1 Å². The Labute approximate surface area is 228 Å². The predicted molar refractivity (Wildman–Crippen MR) is 151 cm³/mol. The molecule has 6 rings (SSSR count). The van der Waals surface area contributed by atoms with Gasteiger partial charge in [0, 0.05) is 29.3 Å². The summed E-state index contributed by atoms with van der Waals surface area (Å²) in [6, 6.07) is 29.7. The number of Topliss-reactive ketones (excluding diaryl/α,β-unsaturated/α-hetero) is 1. The number of carbonyl (C=O) groups is 2. The van der Waals surface area contributed by atoms with E-state index in [4.69, 9.17) is 0 Å². The molecule has 3 atom stereocenters. The molecule has 3 unspecified atom stereocenters. The molecule has 196 valence electrons. The number of amides is 1. The van der Waals surface area contributed by atoms with Crippen molar-refractivity contribution < 1.29 is 14.0 Å². The first-order chi connectivity index (χ1) is 18.8. The minimum Gasteiger partial charge on any atom is -0.306 e. The largest absolute Gasteiger partial charge is 0.306 e. The summed E-state index contributed by atoms with van der Waals surface area (Å²) in [5, 5.41) is 0. The highest BCUT2D eigenvalue weighted by atomic mass is 19.1. The van der Waals surface area contributed by atoms with Gasteiger partial charge in [0.2, 0.25) is 0 Å². The first kappa shape index (κ1) is 25.2. The highest BCUT2D eigenvalue weighted by Crippen LogP contribution is 2.57. The molecule has 0 aliphatic carbocycles. The highest BCUT2D eigenvalue weighted by Gasteiger charge is 2.66. The number of nitrogens with zero attached hydrogens (tertiary/aromatic N) is 2. The number of hydrogen-bond acceptors (Lipinski definition) is 3. The van der Waals surface area contributed by atoms with E-state index in [9.17, 15) is 14.0 Å². The van der Waals surface area contributed by atoms with Crippen LogP contribution in [0.25, 0.3) is 0 Å². The van der Waals surface area contributed by atoms with Gasteiger partial charge >= 0.3 is 0 Å². The quantitative estimate of drug-likeness (QED) is 0.287. The highest BCUT2D eigenvalue weighted by molar-refractivity contribution is 6.13. The van der Waals surface area contributed by atoms with Gasteiger partial charge in [-0.3, -0.25) is 14.5 Å². The summed E-state index contributed by atoms with van der Waals surface area (Å²) in [6.45, 7) is 5.03. The van der Waals surface area contributed by atoms with E-state index in [-0.39, 0.29) is 23.4 Å². The van der Waals surface area contributed by atoms with Crippen LogP contribution in [0.1, 0.15) is 44.1 Å². The number of rotatable bonds is 5. The number of para-hydroxylation sites is 1. The number of likely N-dealkylation sites (N-methyl/N-ethyl adjacent to an activating group) is 1. The second-order valence-electron chi connectivity index (χ2n) is 10.9.